The van der Waals surface area contributed by atoms with E-state index in [1.54, 1.807) is 0 Å². The number of hydrogen-bond donors (Lipinski definition) is 0. The quantitative estimate of drug-likeness (QED) is 0.246. The minimum atomic E-state index is 0.199. The predicted molar refractivity (Wildman–Crippen MR) is 92.3 cm³/mol. The third-order valence-corrected chi connectivity index (χ3v) is 5.50. The SMILES string of the molecule is N#CC(C#N)=C1CC2(CCCCCC2)CC(=S)/C1=C\I. The lowest BCUT2D eigenvalue weighted by Crippen LogP contribution is -2.31. The lowest BCUT2D eigenvalue weighted by Gasteiger charge is -2.39. The summed E-state index contributed by atoms with van der Waals surface area (Å²) < 4.78 is 1.94. The molecule has 20 heavy (non-hydrogen) atoms. The summed E-state index contributed by atoms with van der Waals surface area (Å²) >= 11 is 7.76. The maximum absolute atomic E-state index is 9.22. The summed E-state index contributed by atoms with van der Waals surface area (Å²) in [6, 6.07) is 4.12. The first-order valence-electron chi connectivity index (χ1n) is 7.03. The molecule has 0 aromatic heterocycles. The molecule has 0 amide bonds. The van der Waals surface area contributed by atoms with Crippen LogP contribution in [0.1, 0.15) is 51.4 Å². The van der Waals surface area contributed by atoms with E-state index in [4.69, 9.17) is 12.2 Å². The van der Waals surface area contributed by atoms with Crippen molar-refractivity contribution in [3.05, 3.63) is 20.8 Å². The average Bonchev–Trinajstić information content (AvgIpc) is 2.66. The molecule has 4 heteroatoms. The number of nitrogens with zero attached hydrogens (tertiary/aromatic N) is 2. The van der Waals surface area contributed by atoms with Gasteiger partial charge in [0.2, 0.25) is 0 Å². The van der Waals surface area contributed by atoms with Gasteiger partial charge in [-0.15, -0.1) is 0 Å². The van der Waals surface area contributed by atoms with Crippen molar-refractivity contribution in [3.8, 4) is 12.1 Å². The van der Waals surface area contributed by atoms with Crippen LogP contribution in [0, 0.1) is 28.1 Å². The van der Waals surface area contributed by atoms with Gasteiger partial charge in [-0.25, -0.2) is 0 Å². The van der Waals surface area contributed by atoms with Gasteiger partial charge in [-0.3, -0.25) is 0 Å². The Labute approximate surface area is 139 Å². The van der Waals surface area contributed by atoms with Crippen LogP contribution in [-0.2, 0) is 0 Å². The average molecular weight is 396 g/mol. The number of halogens is 1. The predicted octanol–water partition coefficient (Wildman–Crippen LogP) is 5.15. The lowest BCUT2D eigenvalue weighted by atomic mass is 9.65. The van der Waals surface area contributed by atoms with Crippen LogP contribution in [0.25, 0.3) is 0 Å². The summed E-state index contributed by atoms with van der Waals surface area (Å²) in [5.74, 6) is 0. The van der Waals surface area contributed by atoms with E-state index < -0.39 is 0 Å². The second kappa shape index (κ2) is 6.83. The standard InChI is InChI=1S/C16H17IN2S/c17-9-14-13(12(10-18)11-19)7-16(8-15(14)20)5-3-1-2-4-6-16/h9H,1-8H2/b14-9-. The van der Waals surface area contributed by atoms with Crippen molar-refractivity contribution >= 4 is 39.7 Å². The Morgan fingerprint density at radius 1 is 1.10 bits per heavy atom. The van der Waals surface area contributed by atoms with Crippen molar-refractivity contribution in [1.29, 1.82) is 10.5 Å². The zero-order valence-electron chi connectivity index (χ0n) is 11.4. The highest BCUT2D eigenvalue weighted by Crippen LogP contribution is 2.49. The molecule has 104 valence electrons. The summed E-state index contributed by atoms with van der Waals surface area (Å²) in [5.41, 5.74) is 2.29. The Morgan fingerprint density at radius 3 is 2.20 bits per heavy atom. The molecule has 2 aliphatic rings. The molecule has 1 spiro atoms. The molecule has 0 aliphatic heterocycles. The van der Waals surface area contributed by atoms with Crippen molar-refractivity contribution < 1.29 is 0 Å². The van der Waals surface area contributed by atoms with E-state index in [0.29, 0.717) is 0 Å². The Morgan fingerprint density at radius 2 is 1.70 bits per heavy atom. The molecule has 0 aromatic carbocycles. The molecule has 2 fully saturated rings. The maximum atomic E-state index is 9.22. The molecular formula is C16H17IN2S. The fraction of sp³-hybridized carbons (Fsp3) is 0.562. The van der Waals surface area contributed by atoms with Crippen molar-refractivity contribution in [3.63, 3.8) is 0 Å². The summed E-state index contributed by atoms with van der Waals surface area (Å²) in [5, 5.41) is 18.4. The van der Waals surface area contributed by atoms with Gasteiger partial charge in [0.1, 0.15) is 17.7 Å². The summed E-state index contributed by atoms with van der Waals surface area (Å²) in [4.78, 5) is 0.936. The van der Waals surface area contributed by atoms with Gasteiger partial charge < -0.3 is 0 Å². The van der Waals surface area contributed by atoms with Crippen LogP contribution in [-0.4, -0.2) is 4.86 Å². The molecule has 0 radical (unpaired) electrons. The van der Waals surface area contributed by atoms with Gasteiger partial charge in [0.25, 0.3) is 0 Å². The first-order valence-corrected chi connectivity index (χ1v) is 8.68. The molecule has 2 rings (SSSR count). The van der Waals surface area contributed by atoms with Gasteiger partial charge in [0.05, 0.1) is 0 Å². The maximum Gasteiger partial charge on any atom is 0.133 e. The second-order valence-electron chi connectivity index (χ2n) is 5.79. The molecule has 0 heterocycles. The van der Waals surface area contributed by atoms with E-state index in [2.05, 4.69) is 34.7 Å². The van der Waals surface area contributed by atoms with E-state index in [-0.39, 0.29) is 11.0 Å². The van der Waals surface area contributed by atoms with Gasteiger partial charge in [-0.2, -0.15) is 10.5 Å². The number of rotatable bonds is 0. The van der Waals surface area contributed by atoms with E-state index in [9.17, 15) is 10.5 Å². The van der Waals surface area contributed by atoms with E-state index in [1.165, 1.54) is 38.5 Å². The smallest absolute Gasteiger partial charge is 0.133 e. The molecule has 0 atom stereocenters. The molecule has 2 saturated carbocycles. The van der Waals surface area contributed by atoms with E-state index in [1.807, 2.05) is 4.08 Å². The van der Waals surface area contributed by atoms with Crippen LogP contribution >= 0.6 is 34.8 Å². The Kier molecular flexibility index (Phi) is 5.35. The van der Waals surface area contributed by atoms with Crippen LogP contribution in [0.15, 0.2) is 20.8 Å². The van der Waals surface area contributed by atoms with E-state index >= 15 is 0 Å². The lowest BCUT2D eigenvalue weighted by molar-refractivity contribution is 0.249. The molecule has 0 aromatic rings. The topological polar surface area (TPSA) is 47.6 Å². The van der Waals surface area contributed by atoms with Crippen LogP contribution < -0.4 is 0 Å². The molecule has 0 N–H and O–H groups in total. The molecule has 0 saturated heterocycles. The number of allylic oxidation sites excluding steroid dienone is 3. The van der Waals surface area contributed by atoms with Gasteiger partial charge in [-0.1, -0.05) is 60.5 Å². The fourth-order valence-electron chi connectivity index (χ4n) is 3.48. The highest BCUT2D eigenvalue weighted by molar-refractivity contribution is 14.1. The van der Waals surface area contributed by atoms with Crippen LogP contribution in [0.3, 0.4) is 0 Å². The highest BCUT2D eigenvalue weighted by Gasteiger charge is 2.39. The molecule has 2 aliphatic carbocycles. The third-order valence-electron chi connectivity index (χ3n) is 4.51. The zero-order chi connectivity index (χ0) is 14.6. The minimum Gasteiger partial charge on any atom is -0.192 e. The Hall–Kier alpha value is -0.720. The normalized spacial score (nSPS) is 24.1. The van der Waals surface area contributed by atoms with Gasteiger partial charge in [-0.05, 0) is 46.3 Å². The monoisotopic (exact) mass is 396 g/mol. The Balaban J connectivity index is 2.45. The third kappa shape index (κ3) is 3.13. The summed E-state index contributed by atoms with van der Waals surface area (Å²) in [7, 11) is 0. The molecule has 0 unspecified atom stereocenters. The molecule has 2 nitrogen and oxygen atoms in total. The van der Waals surface area contributed by atoms with Crippen molar-refractivity contribution in [2.75, 3.05) is 0 Å². The van der Waals surface area contributed by atoms with Crippen LogP contribution in [0.5, 0.6) is 0 Å². The number of hydrogen-bond acceptors (Lipinski definition) is 3. The summed E-state index contributed by atoms with van der Waals surface area (Å²) in [6.07, 6.45) is 9.23. The summed E-state index contributed by atoms with van der Waals surface area (Å²) in [6.45, 7) is 0. The van der Waals surface area contributed by atoms with E-state index in [0.717, 1.165) is 28.9 Å². The van der Waals surface area contributed by atoms with Crippen molar-refractivity contribution in [2.45, 2.75) is 51.4 Å². The fourth-order valence-corrected chi connectivity index (χ4v) is 4.93. The van der Waals surface area contributed by atoms with Gasteiger partial charge >= 0.3 is 0 Å². The highest BCUT2D eigenvalue weighted by atomic mass is 127. The zero-order valence-corrected chi connectivity index (χ0v) is 14.4. The molecular weight excluding hydrogens is 379 g/mol. The van der Waals surface area contributed by atoms with Crippen LogP contribution in [0.4, 0.5) is 0 Å². The largest absolute Gasteiger partial charge is 0.192 e. The van der Waals surface area contributed by atoms with Gasteiger partial charge in [0, 0.05) is 4.86 Å². The first kappa shape index (κ1) is 15.7. The number of thiocarbonyl (C=S) groups is 1. The van der Waals surface area contributed by atoms with Crippen molar-refractivity contribution in [1.82, 2.24) is 0 Å². The molecule has 0 bridgehead atoms. The minimum absolute atomic E-state index is 0.199. The second-order valence-corrected chi connectivity index (χ2v) is 6.91. The van der Waals surface area contributed by atoms with Crippen molar-refractivity contribution in [2.24, 2.45) is 5.41 Å². The Bertz CT molecular complexity index is 536. The van der Waals surface area contributed by atoms with Crippen LogP contribution in [0.2, 0.25) is 0 Å². The number of nitriles is 2. The first-order chi connectivity index (χ1) is 9.65. The van der Waals surface area contributed by atoms with Gasteiger partial charge in [0.15, 0.2) is 0 Å².